The predicted octanol–water partition coefficient (Wildman–Crippen LogP) is 2.94. The van der Waals surface area contributed by atoms with Crippen molar-refractivity contribution in [3.8, 4) is 11.8 Å². The van der Waals surface area contributed by atoms with E-state index >= 15 is 0 Å². The van der Waals surface area contributed by atoms with E-state index in [0.29, 0.717) is 5.92 Å². The summed E-state index contributed by atoms with van der Waals surface area (Å²) in [5, 5.41) is 15.0. The third-order valence-corrected chi connectivity index (χ3v) is 3.89. The zero-order chi connectivity index (χ0) is 14.2. The van der Waals surface area contributed by atoms with Crippen molar-refractivity contribution >= 4 is 11.3 Å². The molecule has 0 saturated heterocycles. The molecule has 0 aliphatic rings. The lowest BCUT2D eigenvalue weighted by molar-refractivity contribution is 0.368. The van der Waals surface area contributed by atoms with Gasteiger partial charge in [-0.1, -0.05) is 19.1 Å². The van der Waals surface area contributed by atoms with E-state index in [9.17, 15) is 0 Å². The van der Waals surface area contributed by atoms with E-state index in [0.717, 1.165) is 23.8 Å². The van der Waals surface area contributed by atoms with E-state index in [1.165, 1.54) is 5.56 Å². The number of thiazole rings is 1. The highest BCUT2D eigenvalue weighted by atomic mass is 32.1. The first kappa shape index (κ1) is 14.5. The molecule has 1 atom stereocenters. The van der Waals surface area contributed by atoms with Crippen molar-refractivity contribution in [1.29, 1.82) is 5.26 Å². The minimum atomic E-state index is 0.0862. The van der Waals surface area contributed by atoms with Crippen LogP contribution in [0.1, 0.15) is 23.4 Å². The van der Waals surface area contributed by atoms with Gasteiger partial charge in [-0.25, -0.2) is 4.98 Å². The maximum atomic E-state index is 8.44. The maximum absolute atomic E-state index is 8.44. The van der Waals surface area contributed by atoms with Crippen LogP contribution in [-0.4, -0.2) is 18.1 Å². The molecule has 0 fully saturated rings. The van der Waals surface area contributed by atoms with Crippen LogP contribution in [-0.2, 0) is 6.54 Å². The molecule has 1 unspecified atom stereocenters. The topological polar surface area (TPSA) is 57.9 Å². The Morgan fingerprint density at radius 1 is 1.40 bits per heavy atom. The first-order valence-electron chi connectivity index (χ1n) is 6.48. The van der Waals surface area contributed by atoms with Gasteiger partial charge in [0, 0.05) is 30.6 Å². The molecule has 0 aliphatic carbocycles. The van der Waals surface area contributed by atoms with Gasteiger partial charge in [0.1, 0.15) is 11.8 Å². The second kappa shape index (κ2) is 7.63. The van der Waals surface area contributed by atoms with Gasteiger partial charge in [0.2, 0.25) is 0 Å². The number of benzene rings is 1. The van der Waals surface area contributed by atoms with E-state index in [-0.39, 0.29) is 6.61 Å². The number of ether oxygens (including phenoxy) is 1. The van der Waals surface area contributed by atoms with E-state index < -0.39 is 0 Å². The van der Waals surface area contributed by atoms with Crippen molar-refractivity contribution in [2.45, 2.75) is 19.4 Å². The molecule has 0 saturated carbocycles. The van der Waals surface area contributed by atoms with Gasteiger partial charge in [0.15, 0.2) is 6.61 Å². The highest BCUT2D eigenvalue weighted by molar-refractivity contribution is 7.09. The molecule has 0 spiro atoms. The van der Waals surface area contributed by atoms with Crippen LogP contribution >= 0.6 is 11.3 Å². The van der Waals surface area contributed by atoms with Gasteiger partial charge in [0.25, 0.3) is 0 Å². The smallest absolute Gasteiger partial charge is 0.174 e. The minimum Gasteiger partial charge on any atom is -0.479 e. The van der Waals surface area contributed by atoms with Crippen LogP contribution in [0.25, 0.3) is 0 Å². The molecule has 20 heavy (non-hydrogen) atoms. The fourth-order valence-electron chi connectivity index (χ4n) is 1.82. The Morgan fingerprint density at radius 3 is 2.85 bits per heavy atom. The first-order valence-corrected chi connectivity index (χ1v) is 7.36. The van der Waals surface area contributed by atoms with E-state index in [1.807, 2.05) is 41.9 Å². The highest BCUT2D eigenvalue weighted by Crippen LogP contribution is 2.17. The van der Waals surface area contributed by atoms with E-state index in [4.69, 9.17) is 10.00 Å². The van der Waals surface area contributed by atoms with Gasteiger partial charge in [-0.15, -0.1) is 11.3 Å². The van der Waals surface area contributed by atoms with Crippen LogP contribution in [0.15, 0.2) is 35.8 Å². The summed E-state index contributed by atoms with van der Waals surface area (Å²) in [5.41, 5.74) is 1.20. The van der Waals surface area contributed by atoms with Crippen LogP contribution < -0.4 is 10.1 Å². The molecule has 0 radical (unpaired) electrons. The summed E-state index contributed by atoms with van der Waals surface area (Å²) in [6.45, 7) is 3.97. The van der Waals surface area contributed by atoms with Crippen LogP contribution in [0.3, 0.4) is 0 Å². The number of hydrogen-bond acceptors (Lipinski definition) is 5. The fourth-order valence-corrected chi connectivity index (χ4v) is 2.52. The van der Waals surface area contributed by atoms with Crippen molar-refractivity contribution in [2.75, 3.05) is 13.2 Å². The minimum absolute atomic E-state index is 0.0862. The Bertz CT molecular complexity index is 545. The van der Waals surface area contributed by atoms with Gasteiger partial charge < -0.3 is 10.1 Å². The van der Waals surface area contributed by atoms with Crippen molar-refractivity contribution in [2.24, 2.45) is 0 Å². The normalized spacial score (nSPS) is 11.8. The Morgan fingerprint density at radius 2 is 2.20 bits per heavy atom. The SMILES string of the molecule is CC(CNCc1ccc(OCC#N)cc1)c1nccs1. The van der Waals surface area contributed by atoms with Crippen LogP contribution in [0.5, 0.6) is 5.75 Å². The van der Waals surface area contributed by atoms with Crippen molar-refractivity contribution in [3.63, 3.8) is 0 Å². The Balaban J connectivity index is 1.75. The largest absolute Gasteiger partial charge is 0.479 e. The Kier molecular flexibility index (Phi) is 5.54. The van der Waals surface area contributed by atoms with Crippen molar-refractivity contribution in [3.05, 3.63) is 46.4 Å². The van der Waals surface area contributed by atoms with Gasteiger partial charge in [-0.2, -0.15) is 5.26 Å². The summed E-state index contributed by atoms with van der Waals surface area (Å²) >= 11 is 1.69. The van der Waals surface area contributed by atoms with Crippen LogP contribution in [0, 0.1) is 11.3 Å². The van der Waals surface area contributed by atoms with Gasteiger partial charge in [0.05, 0.1) is 5.01 Å². The number of hydrogen-bond donors (Lipinski definition) is 1. The molecular weight excluding hydrogens is 270 g/mol. The number of nitrogens with zero attached hydrogens (tertiary/aromatic N) is 2. The van der Waals surface area contributed by atoms with Crippen LogP contribution in [0.2, 0.25) is 0 Å². The summed E-state index contributed by atoms with van der Waals surface area (Å²) in [6.07, 6.45) is 1.84. The maximum Gasteiger partial charge on any atom is 0.174 e. The third-order valence-electron chi connectivity index (χ3n) is 2.88. The van der Waals surface area contributed by atoms with Gasteiger partial charge in [-0.05, 0) is 17.7 Å². The molecule has 1 N–H and O–H groups in total. The zero-order valence-electron chi connectivity index (χ0n) is 11.4. The molecule has 104 valence electrons. The third kappa shape index (κ3) is 4.34. The highest BCUT2D eigenvalue weighted by Gasteiger charge is 2.07. The quantitative estimate of drug-likeness (QED) is 0.850. The number of aromatic nitrogens is 1. The standard InChI is InChI=1S/C15H17N3OS/c1-12(15-18-7-9-20-15)10-17-11-13-2-4-14(5-3-13)19-8-6-16/h2-5,7,9,12,17H,8,10-11H2,1H3. The monoisotopic (exact) mass is 287 g/mol. The second-order valence-electron chi connectivity index (χ2n) is 4.49. The zero-order valence-corrected chi connectivity index (χ0v) is 12.2. The average molecular weight is 287 g/mol. The summed E-state index contributed by atoms with van der Waals surface area (Å²) in [4.78, 5) is 4.32. The summed E-state index contributed by atoms with van der Waals surface area (Å²) in [7, 11) is 0. The molecule has 0 amide bonds. The fraction of sp³-hybridized carbons (Fsp3) is 0.333. The molecular formula is C15H17N3OS. The Labute approximate surface area is 123 Å². The van der Waals surface area contributed by atoms with Gasteiger partial charge in [-0.3, -0.25) is 0 Å². The molecule has 1 heterocycles. The second-order valence-corrected chi connectivity index (χ2v) is 5.42. The number of nitriles is 1. The molecule has 1 aromatic carbocycles. The molecule has 5 heteroatoms. The predicted molar refractivity (Wildman–Crippen MR) is 79.8 cm³/mol. The van der Waals surface area contributed by atoms with Crippen molar-refractivity contribution < 1.29 is 4.74 Å². The van der Waals surface area contributed by atoms with Crippen LogP contribution in [0.4, 0.5) is 0 Å². The number of nitrogens with one attached hydrogen (secondary N) is 1. The van der Waals surface area contributed by atoms with Crippen molar-refractivity contribution in [1.82, 2.24) is 10.3 Å². The molecule has 2 aromatic rings. The molecule has 0 aliphatic heterocycles. The number of rotatable bonds is 7. The summed E-state index contributed by atoms with van der Waals surface area (Å²) < 4.78 is 5.21. The Hall–Kier alpha value is -1.90. The summed E-state index contributed by atoms with van der Waals surface area (Å²) in [6, 6.07) is 9.74. The lowest BCUT2D eigenvalue weighted by atomic mass is 10.1. The average Bonchev–Trinajstić information content (AvgIpc) is 3.00. The molecule has 4 nitrogen and oxygen atoms in total. The summed E-state index contributed by atoms with van der Waals surface area (Å²) in [5.74, 6) is 1.15. The lowest BCUT2D eigenvalue weighted by Gasteiger charge is -2.10. The molecule has 1 aromatic heterocycles. The van der Waals surface area contributed by atoms with Gasteiger partial charge >= 0.3 is 0 Å². The first-order chi connectivity index (χ1) is 9.79. The molecule has 0 bridgehead atoms. The molecule has 2 rings (SSSR count). The lowest BCUT2D eigenvalue weighted by Crippen LogP contribution is -2.19. The van der Waals surface area contributed by atoms with E-state index in [2.05, 4.69) is 17.2 Å². The van der Waals surface area contributed by atoms with E-state index in [1.54, 1.807) is 11.3 Å².